The summed E-state index contributed by atoms with van der Waals surface area (Å²) >= 11 is 0. The second kappa shape index (κ2) is 10.3. The first-order chi connectivity index (χ1) is 11.8. The summed E-state index contributed by atoms with van der Waals surface area (Å²) in [5, 5.41) is 0. The summed E-state index contributed by atoms with van der Waals surface area (Å²) in [6.07, 6.45) is 7.93. The third-order valence-electron chi connectivity index (χ3n) is 4.20. The Kier molecular flexibility index (Phi) is 8.02. The van der Waals surface area contributed by atoms with E-state index in [4.69, 9.17) is 14.2 Å². The lowest BCUT2D eigenvalue weighted by Crippen LogP contribution is -2.45. The van der Waals surface area contributed by atoms with E-state index in [9.17, 15) is 5.53 Å². The molecule has 1 fully saturated rings. The summed E-state index contributed by atoms with van der Waals surface area (Å²) in [5.41, 5.74) is 9.77. The van der Waals surface area contributed by atoms with E-state index in [-0.39, 0.29) is 6.04 Å². The normalized spacial score (nSPS) is 21.8. The van der Waals surface area contributed by atoms with Gasteiger partial charge in [0, 0.05) is 13.1 Å². The van der Waals surface area contributed by atoms with Crippen LogP contribution in [-0.4, -0.2) is 61.0 Å². The molecule has 0 bridgehead atoms. The molecule has 1 atom stereocenters. The lowest BCUT2D eigenvalue weighted by molar-refractivity contribution is -0.0107. The molecule has 0 saturated carbocycles. The summed E-state index contributed by atoms with van der Waals surface area (Å²) in [6.45, 7) is 8.69. The molecule has 0 aromatic carbocycles. The van der Waals surface area contributed by atoms with Gasteiger partial charge in [-0.15, -0.1) is 0 Å². The van der Waals surface area contributed by atoms with Gasteiger partial charge in [-0.1, -0.05) is 26.7 Å². The number of hydrogen-bond donors (Lipinski definition) is 0. The number of ether oxygens (including phenoxy) is 3. The van der Waals surface area contributed by atoms with Crippen LogP contribution in [0, 0.1) is 0 Å². The van der Waals surface area contributed by atoms with Crippen LogP contribution in [0.1, 0.15) is 39.5 Å². The topological polar surface area (TPSA) is 67.3 Å². The van der Waals surface area contributed by atoms with Gasteiger partial charge in [0.05, 0.1) is 38.5 Å². The summed E-state index contributed by atoms with van der Waals surface area (Å²) in [4.78, 5) is 5.71. The Bertz CT molecular complexity index is 504. The third kappa shape index (κ3) is 5.20. The minimum atomic E-state index is 0.00730. The Hall–Kier alpha value is -1.62. The zero-order chi connectivity index (χ0) is 17.2. The molecule has 0 amide bonds. The Morgan fingerprint density at radius 2 is 1.83 bits per heavy atom. The SMILES string of the molecule is CCCCOC1=CC(N2CCOCC2)C(OCCCC)=CC1=[N+]=[N-]. The molecule has 24 heavy (non-hydrogen) atoms. The largest absolute Gasteiger partial charge is 0.496 e. The predicted molar refractivity (Wildman–Crippen MR) is 92.7 cm³/mol. The highest BCUT2D eigenvalue weighted by molar-refractivity contribution is 6.04. The quantitative estimate of drug-likeness (QED) is 0.369. The van der Waals surface area contributed by atoms with Crippen molar-refractivity contribution in [3.05, 3.63) is 29.2 Å². The highest BCUT2D eigenvalue weighted by Crippen LogP contribution is 2.23. The summed E-state index contributed by atoms with van der Waals surface area (Å²) in [7, 11) is 0. The number of nitrogens with zero attached hydrogens (tertiary/aromatic N) is 3. The van der Waals surface area contributed by atoms with E-state index in [2.05, 4.69) is 23.5 Å². The van der Waals surface area contributed by atoms with E-state index in [1.807, 2.05) is 6.08 Å². The Morgan fingerprint density at radius 3 is 2.46 bits per heavy atom. The van der Waals surface area contributed by atoms with Crippen molar-refractivity contribution < 1.29 is 19.0 Å². The van der Waals surface area contributed by atoms with Gasteiger partial charge >= 0.3 is 5.71 Å². The minimum Gasteiger partial charge on any atom is -0.496 e. The van der Waals surface area contributed by atoms with Crippen molar-refractivity contribution in [2.24, 2.45) is 0 Å². The fourth-order valence-corrected chi connectivity index (χ4v) is 2.73. The molecule has 134 valence electrons. The van der Waals surface area contributed by atoms with E-state index in [0.29, 0.717) is 24.7 Å². The van der Waals surface area contributed by atoms with Gasteiger partial charge in [-0.2, -0.15) is 4.79 Å². The maximum absolute atomic E-state index is 9.34. The molecule has 6 nitrogen and oxygen atoms in total. The second-order valence-corrected chi connectivity index (χ2v) is 6.06. The molecule has 1 saturated heterocycles. The first-order valence-electron chi connectivity index (χ1n) is 9.03. The van der Waals surface area contributed by atoms with Crippen molar-refractivity contribution in [1.29, 1.82) is 0 Å². The monoisotopic (exact) mass is 335 g/mol. The van der Waals surface area contributed by atoms with Crippen LogP contribution in [-0.2, 0) is 14.2 Å². The number of unbranched alkanes of at least 4 members (excludes halogenated alkanes) is 2. The molecule has 2 aliphatic rings. The fraction of sp³-hybridized carbons (Fsp3) is 0.722. The third-order valence-corrected chi connectivity index (χ3v) is 4.20. The average molecular weight is 335 g/mol. The van der Waals surface area contributed by atoms with Gasteiger partial charge in [-0.05, 0) is 18.9 Å². The number of morpholine rings is 1. The van der Waals surface area contributed by atoms with Crippen molar-refractivity contribution in [3.8, 4) is 0 Å². The molecule has 1 heterocycles. The molecular formula is C18H29N3O3. The minimum absolute atomic E-state index is 0.00730. The van der Waals surface area contributed by atoms with E-state index < -0.39 is 0 Å². The van der Waals surface area contributed by atoms with Gasteiger partial charge in [0.1, 0.15) is 5.76 Å². The van der Waals surface area contributed by atoms with Gasteiger partial charge in [0.15, 0.2) is 0 Å². The number of rotatable bonds is 9. The van der Waals surface area contributed by atoms with Gasteiger partial charge in [0.25, 0.3) is 0 Å². The predicted octanol–water partition coefficient (Wildman–Crippen LogP) is 2.77. The molecule has 1 unspecified atom stereocenters. The highest BCUT2D eigenvalue weighted by Gasteiger charge is 2.32. The molecule has 1 aliphatic heterocycles. The highest BCUT2D eigenvalue weighted by atomic mass is 16.5. The zero-order valence-electron chi connectivity index (χ0n) is 14.9. The van der Waals surface area contributed by atoms with E-state index in [0.717, 1.165) is 57.7 Å². The van der Waals surface area contributed by atoms with E-state index >= 15 is 0 Å². The van der Waals surface area contributed by atoms with E-state index in [1.165, 1.54) is 0 Å². The van der Waals surface area contributed by atoms with Crippen LogP contribution in [0.2, 0.25) is 0 Å². The number of allylic oxidation sites excluding steroid dienone is 1. The van der Waals surface area contributed by atoms with Crippen LogP contribution in [0.4, 0.5) is 0 Å². The lowest BCUT2D eigenvalue weighted by atomic mass is 10.0. The molecule has 0 aromatic heterocycles. The standard InChI is InChI=1S/C18H29N3O3/c1-3-5-9-23-17-14-16(21-7-11-22-12-8-21)18(13-15(17)20-19)24-10-6-4-2/h13-14,16H,3-12H2,1-2H3. The van der Waals surface area contributed by atoms with Crippen LogP contribution in [0.5, 0.6) is 0 Å². The van der Waals surface area contributed by atoms with Crippen molar-refractivity contribution in [1.82, 2.24) is 4.90 Å². The summed E-state index contributed by atoms with van der Waals surface area (Å²) < 4.78 is 17.3. The second-order valence-electron chi connectivity index (χ2n) is 6.06. The fourth-order valence-electron chi connectivity index (χ4n) is 2.73. The van der Waals surface area contributed by atoms with Crippen molar-refractivity contribution in [2.45, 2.75) is 45.6 Å². The Balaban J connectivity index is 2.15. The molecule has 6 heteroatoms. The van der Waals surface area contributed by atoms with Crippen LogP contribution < -0.4 is 0 Å². The van der Waals surface area contributed by atoms with Gasteiger partial charge in [0.2, 0.25) is 5.76 Å². The van der Waals surface area contributed by atoms with Gasteiger partial charge < -0.3 is 19.7 Å². The summed E-state index contributed by atoms with van der Waals surface area (Å²) in [6, 6.07) is 0.00730. The average Bonchev–Trinajstić information content (AvgIpc) is 2.63. The Morgan fingerprint density at radius 1 is 1.17 bits per heavy atom. The molecule has 2 rings (SSSR count). The smallest absolute Gasteiger partial charge is 0.359 e. The maximum Gasteiger partial charge on any atom is 0.359 e. The van der Waals surface area contributed by atoms with Crippen LogP contribution in [0.15, 0.2) is 23.7 Å². The number of hydrogen-bond acceptors (Lipinski definition) is 4. The molecule has 0 radical (unpaired) electrons. The van der Waals surface area contributed by atoms with Crippen molar-refractivity contribution in [3.63, 3.8) is 0 Å². The van der Waals surface area contributed by atoms with Crippen LogP contribution >= 0.6 is 0 Å². The van der Waals surface area contributed by atoms with Crippen LogP contribution in [0.25, 0.3) is 5.53 Å². The summed E-state index contributed by atoms with van der Waals surface area (Å²) in [5.74, 6) is 1.45. The first kappa shape index (κ1) is 18.7. The van der Waals surface area contributed by atoms with Crippen LogP contribution in [0.3, 0.4) is 0 Å². The lowest BCUT2D eigenvalue weighted by Gasteiger charge is -2.35. The van der Waals surface area contributed by atoms with Gasteiger partial charge in [-0.3, -0.25) is 4.90 Å². The molecule has 0 spiro atoms. The molecular weight excluding hydrogens is 306 g/mol. The Labute approximate surface area is 144 Å². The maximum atomic E-state index is 9.34. The molecule has 0 N–H and O–H groups in total. The molecule has 0 aromatic rings. The van der Waals surface area contributed by atoms with Gasteiger partial charge in [-0.25, -0.2) is 0 Å². The zero-order valence-corrected chi connectivity index (χ0v) is 14.9. The van der Waals surface area contributed by atoms with E-state index in [1.54, 1.807) is 6.08 Å². The van der Waals surface area contributed by atoms with Crippen molar-refractivity contribution >= 4 is 5.71 Å². The van der Waals surface area contributed by atoms with Crippen molar-refractivity contribution in [2.75, 3.05) is 39.5 Å². The first-order valence-corrected chi connectivity index (χ1v) is 9.03. The molecule has 1 aliphatic carbocycles.